The molecule has 4 nitrogen and oxygen atoms in total. The summed E-state index contributed by atoms with van der Waals surface area (Å²) < 4.78 is 0. The van der Waals surface area contributed by atoms with Gasteiger partial charge < -0.3 is 9.80 Å². The van der Waals surface area contributed by atoms with E-state index in [9.17, 15) is 9.59 Å². The van der Waals surface area contributed by atoms with Crippen LogP contribution in [-0.4, -0.2) is 58.8 Å². The normalized spacial score (nSPS) is 31.2. The van der Waals surface area contributed by atoms with Crippen molar-refractivity contribution in [3.05, 3.63) is 0 Å². The van der Waals surface area contributed by atoms with Crippen molar-refractivity contribution >= 4 is 23.6 Å². The molecule has 2 aliphatic carbocycles. The van der Waals surface area contributed by atoms with E-state index >= 15 is 0 Å². The maximum absolute atomic E-state index is 12.9. The van der Waals surface area contributed by atoms with Crippen LogP contribution in [0, 0.1) is 11.8 Å². The van der Waals surface area contributed by atoms with Crippen molar-refractivity contribution in [1.82, 2.24) is 9.80 Å². The molecule has 0 aromatic carbocycles. The molecule has 0 aromatic rings. The molecule has 0 spiro atoms. The van der Waals surface area contributed by atoms with Crippen LogP contribution < -0.4 is 0 Å². The van der Waals surface area contributed by atoms with Crippen molar-refractivity contribution in [2.75, 3.05) is 25.9 Å². The second kappa shape index (κ2) is 7.45. The predicted octanol–water partition coefficient (Wildman–Crippen LogP) is 2.77. The molecular weight excluding hydrogens is 308 g/mol. The summed E-state index contributed by atoms with van der Waals surface area (Å²) in [6.45, 7) is 3.71. The number of hydrogen-bond donors (Lipinski definition) is 0. The molecule has 0 unspecified atom stereocenters. The lowest BCUT2D eigenvalue weighted by molar-refractivity contribution is -0.141. The third kappa shape index (κ3) is 4.04. The summed E-state index contributed by atoms with van der Waals surface area (Å²) in [6, 6.07) is 0.404. The van der Waals surface area contributed by atoms with Crippen molar-refractivity contribution < 1.29 is 9.59 Å². The van der Waals surface area contributed by atoms with Gasteiger partial charge in [0, 0.05) is 37.3 Å². The van der Waals surface area contributed by atoms with E-state index in [0.717, 1.165) is 56.1 Å². The van der Waals surface area contributed by atoms with Crippen molar-refractivity contribution in [3.8, 4) is 0 Å². The Hall–Kier alpha value is -0.710. The van der Waals surface area contributed by atoms with Crippen LogP contribution >= 0.6 is 11.8 Å². The number of carbonyl (C=O) groups excluding carboxylic acids is 2. The zero-order valence-corrected chi connectivity index (χ0v) is 15.3. The van der Waals surface area contributed by atoms with Gasteiger partial charge in [-0.15, -0.1) is 0 Å². The van der Waals surface area contributed by atoms with E-state index in [2.05, 4.69) is 6.92 Å². The topological polar surface area (TPSA) is 40.6 Å². The van der Waals surface area contributed by atoms with Crippen molar-refractivity contribution in [1.29, 1.82) is 0 Å². The standard InChI is InChI=1S/C18H30N2O2S/c1-3-23-16-9-8-15(11-16)19(2)17(21)14-5-4-10-20(12-14)18(22)13-6-7-13/h13-16H,3-12H2,1-2H3/t14-,15+,16+/m0/s1. The van der Waals surface area contributed by atoms with Crippen molar-refractivity contribution in [3.63, 3.8) is 0 Å². The first-order chi connectivity index (χ1) is 11.1. The van der Waals surface area contributed by atoms with Gasteiger partial charge in [-0.1, -0.05) is 6.92 Å². The van der Waals surface area contributed by atoms with Gasteiger partial charge in [-0.3, -0.25) is 9.59 Å². The van der Waals surface area contributed by atoms with Gasteiger partial charge in [-0.25, -0.2) is 0 Å². The lowest BCUT2D eigenvalue weighted by Gasteiger charge is -2.35. The molecule has 23 heavy (non-hydrogen) atoms. The van der Waals surface area contributed by atoms with Gasteiger partial charge in [-0.05, 0) is 50.7 Å². The van der Waals surface area contributed by atoms with Gasteiger partial charge in [0.15, 0.2) is 0 Å². The van der Waals surface area contributed by atoms with E-state index in [1.54, 1.807) is 0 Å². The molecule has 0 bridgehead atoms. The highest BCUT2D eigenvalue weighted by atomic mass is 32.2. The molecule has 0 N–H and O–H groups in total. The molecular formula is C18H30N2O2S. The van der Waals surface area contributed by atoms with Crippen LogP contribution in [0.5, 0.6) is 0 Å². The smallest absolute Gasteiger partial charge is 0.227 e. The highest BCUT2D eigenvalue weighted by Gasteiger charge is 2.38. The molecule has 1 aliphatic heterocycles. The number of rotatable bonds is 5. The number of hydrogen-bond acceptors (Lipinski definition) is 3. The molecule has 3 rings (SSSR count). The summed E-state index contributed by atoms with van der Waals surface area (Å²) in [5, 5.41) is 0.722. The maximum atomic E-state index is 12.9. The summed E-state index contributed by atoms with van der Waals surface area (Å²) in [7, 11) is 1.98. The summed E-state index contributed by atoms with van der Waals surface area (Å²) in [6.07, 6.45) is 7.52. The maximum Gasteiger partial charge on any atom is 0.227 e. The van der Waals surface area contributed by atoms with E-state index in [1.807, 2.05) is 28.6 Å². The first-order valence-corrected chi connectivity index (χ1v) is 10.3. The fourth-order valence-electron chi connectivity index (χ4n) is 4.09. The van der Waals surface area contributed by atoms with E-state index < -0.39 is 0 Å². The van der Waals surface area contributed by atoms with E-state index in [0.29, 0.717) is 18.5 Å². The predicted molar refractivity (Wildman–Crippen MR) is 94.4 cm³/mol. The molecule has 130 valence electrons. The van der Waals surface area contributed by atoms with E-state index in [1.165, 1.54) is 6.42 Å². The van der Waals surface area contributed by atoms with Crippen LogP contribution in [0.2, 0.25) is 0 Å². The molecule has 1 saturated heterocycles. The van der Waals surface area contributed by atoms with Gasteiger partial charge in [0.25, 0.3) is 0 Å². The minimum absolute atomic E-state index is 0.0225. The van der Waals surface area contributed by atoms with Crippen molar-refractivity contribution in [2.45, 2.75) is 63.2 Å². The minimum Gasteiger partial charge on any atom is -0.342 e. The first kappa shape index (κ1) is 17.1. The second-order valence-corrected chi connectivity index (χ2v) is 8.97. The Bertz CT molecular complexity index is 452. The van der Waals surface area contributed by atoms with Gasteiger partial charge >= 0.3 is 0 Å². The Morgan fingerprint density at radius 2 is 1.91 bits per heavy atom. The Kier molecular flexibility index (Phi) is 5.55. The number of piperidine rings is 1. The fourth-order valence-corrected chi connectivity index (χ4v) is 5.22. The molecule has 3 fully saturated rings. The molecule has 3 aliphatic rings. The quantitative estimate of drug-likeness (QED) is 0.774. The number of likely N-dealkylation sites (tertiary alicyclic amines) is 1. The van der Waals surface area contributed by atoms with Gasteiger partial charge in [-0.2, -0.15) is 11.8 Å². The van der Waals surface area contributed by atoms with Crippen LogP contribution in [0.1, 0.15) is 51.9 Å². The van der Waals surface area contributed by atoms with Crippen LogP contribution in [-0.2, 0) is 9.59 Å². The van der Waals surface area contributed by atoms with E-state index in [4.69, 9.17) is 0 Å². The highest BCUT2D eigenvalue weighted by Crippen LogP contribution is 2.35. The Labute approximate surface area is 144 Å². The summed E-state index contributed by atoms with van der Waals surface area (Å²) in [4.78, 5) is 29.1. The summed E-state index contributed by atoms with van der Waals surface area (Å²) >= 11 is 2.03. The lowest BCUT2D eigenvalue weighted by atomic mass is 9.95. The highest BCUT2D eigenvalue weighted by molar-refractivity contribution is 7.99. The van der Waals surface area contributed by atoms with Crippen molar-refractivity contribution in [2.24, 2.45) is 11.8 Å². The average Bonchev–Trinajstić information content (AvgIpc) is 3.32. The number of thioether (sulfide) groups is 1. The third-order valence-electron chi connectivity index (χ3n) is 5.66. The molecule has 0 radical (unpaired) electrons. The molecule has 3 atom stereocenters. The monoisotopic (exact) mass is 338 g/mol. The van der Waals surface area contributed by atoms with Crippen LogP contribution in [0.25, 0.3) is 0 Å². The second-order valence-electron chi connectivity index (χ2n) is 7.39. The lowest BCUT2D eigenvalue weighted by Crippen LogP contribution is -2.48. The zero-order valence-electron chi connectivity index (χ0n) is 14.5. The van der Waals surface area contributed by atoms with Gasteiger partial charge in [0.05, 0.1) is 5.92 Å². The molecule has 2 amide bonds. The Morgan fingerprint density at radius 3 is 2.61 bits per heavy atom. The summed E-state index contributed by atoms with van der Waals surface area (Å²) in [5.41, 5.74) is 0. The fraction of sp³-hybridized carbons (Fsp3) is 0.889. The molecule has 0 aromatic heterocycles. The van der Waals surface area contributed by atoms with Gasteiger partial charge in [0.2, 0.25) is 11.8 Å². The Morgan fingerprint density at radius 1 is 1.13 bits per heavy atom. The van der Waals surface area contributed by atoms with E-state index in [-0.39, 0.29) is 17.7 Å². The SMILES string of the molecule is CCS[C@@H]1CC[C@@H](N(C)C(=O)[C@H]2CCCN(C(=O)C3CC3)C2)C1. The summed E-state index contributed by atoms with van der Waals surface area (Å²) in [5.74, 6) is 2.02. The van der Waals surface area contributed by atoms with Crippen LogP contribution in [0.4, 0.5) is 0 Å². The van der Waals surface area contributed by atoms with Crippen LogP contribution in [0.15, 0.2) is 0 Å². The Balaban J connectivity index is 1.53. The van der Waals surface area contributed by atoms with Crippen LogP contribution in [0.3, 0.4) is 0 Å². The number of amides is 2. The largest absolute Gasteiger partial charge is 0.342 e. The molecule has 2 saturated carbocycles. The number of nitrogens with zero attached hydrogens (tertiary/aromatic N) is 2. The number of carbonyl (C=O) groups is 2. The first-order valence-electron chi connectivity index (χ1n) is 9.27. The molecule has 5 heteroatoms. The zero-order chi connectivity index (χ0) is 16.4. The van der Waals surface area contributed by atoms with Gasteiger partial charge in [0.1, 0.15) is 0 Å². The molecule has 1 heterocycles. The third-order valence-corrected chi connectivity index (χ3v) is 6.90. The average molecular weight is 339 g/mol. The minimum atomic E-state index is 0.0225.